The molecule has 0 aliphatic heterocycles. The predicted octanol–water partition coefficient (Wildman–Crippen LogP) is 17.2. The van der Waals surface area contributed by atoms with Gasteiger partial charge in [-0.3, -0.25) is 0 Å². The molecule has 278 valence electrons. The Morgan fingerprint density at radius 2 is 0.750 bits per heavy atom. The zero-order valence-corrected chi connectivity index (χ0v) is 33.4. The SMILES string of the molecule is c1ccc(-c2ccc(-c3ccc(N(c4cc5ccc6cccc7c8cccc9ccc%10cccc(c(c4)c5c67)c%10c98)c4cccc5c4sc4ccccc45)cc3)cc2)cc1. The average Bonchev–Trinajstić information content (AvgIpc) is 3.70. The molecule has 0 spiro atoms. The van der Waals surface area contributed by atoms with Gasteiger partial charge in [0.15, 0.2) is 0 Å². The lowest BCUT2D eigenvalue weighted by Gasteiger charge is -2.27. The Labute approximate surface area is 350 Å². The maximum atomic E-state index is 2.50. The van der Waals surface area contributed by atoms with Crippen molar-refractivity contribution in [3.63, 3.8) is 0 Å². The summed E-state index contributed by atoms with van der Waals surface area (Å²) >= 11 is 1.88. The van der Waals surface area contributed by atoms with Crippen LogP contribution >= 0.6 is 11.3 Å². The van der Waals surface area contributed by atoms with Crippen LogP contribution in [0.5, 0.6) is 0 Å². The van der Waals surface area contributed by atoms with E-state index in [1.165, 1.54) is 113 Å². The smallest absolute Gasteiger partial charge is 0.0640 e. The first-order valence-corrected chi connectivity index (χ1v) is 21.5. The van der Waals surface area contributed by atoms with E-state index < -0.39 is 0 Å². The molecule has 0 fully saturated rings. The van der Waals surface area contributed by atoms with Gasteiger partial charge in [0.2, 0.25) is 0 Å². The number of hydrogen-bond donors (Lipinski definition) is 0. The van der Waals surface area contributed by atoms with Crippen LogP contribution < -0.4 is 4.90 Å². The number of anilines is 3. The van der Waals surface area contributed by atoms with E-state index in [1.807, 2.05) is 11.3 Å². The molecule has 13 aromatic rings. The van der Waals surface area contributed by atoms with Crippen molar-refractivity contribution in [3.05, 3.63) is 212 Å². The number of hydrogen-bond acceptors (Lipinski definition) is 2. The molecule has 2 heteroatoms. The summed E-state index contributed by atoms with van der Waals surface area (Å²) in [4.78, 5) is 2.50. The molecular weight excluding hydrogens is 743 g/mol. The van der Waals surface area contributed by atoms with Crippen LogP contribution in [0.2, 0.25) is 0 Å². The minimum absolute atomic E-state index is 1.12. The van der Waals surface area contributed by atoms with Gasteiger partial charge in [0.25, 0.3) is 0 Å². The lowest BCUT2D eigenvalue weighted by atomic mass is 9.87. The molecule has 0 radical (unpaired) electrons. The topological polar surface area (TPSA) is 3.24 Å². The normalized spacial score (nSPS) is 12.0. The van der Waals surface area contributed by atoms with E-state index >= 15 is 0 Å². The van der Waals surface area contributed by atoms with Crippen molar-refractivity contribution in [2.45, 2.75) is 0 Å². The van der Waals surface area contributed by atoms with Gasteiger partial charge in [0, 0.05) is 26.8 Å². The summed E-state index contributed by atoms with van der Waals surface area (Å²) in [5, 5.41) is 18.0. The van der Waals surface area contributed by atoms with E-state index in [0.29, 0.717) is 0 Å². The van der Waals surface area contributed by atoms with Crippen LogP contribution in [0.1, 0.15) is 0 Å². The summed E-state index contributed by atoms with van der Waals surface area (Å²) in [5.41, 5.74) is 8.28. The fourth-order valence-electron chi connectivity index (χ4n) is 10.0. The third kappa shape index (κ3) is 4.98. The first-order valence-electron chi connectivity index (χ1n) is 20.7. The molecule has 0 saturated heterocycles. The number of thiophene rings is 1. The average molecular weight is 778 g/mol. The van der Waals surface area contributed by atoms with Crippen LogP contribution in [0.4, 0.5) is 17.1 Å². The van der Waals surface area contributed by atoms with Crippen molar-refractivity contribution in [1.29, 1.82) is 0 Å². The maximum Gasteiger partial charge on any atom is 0.0640 e. The van der Waals surface area contributed by atoms with Crippen molar-refractivity contribution >= 4 is 113 Å². The van der Waals surface area contributed by atoms with Crippen LogP contribution in [-0.4, -0.2) is 0 Å². The molecule has 0 atom stereocenters. The minimum Gasteiger partial charge on any atom is -0.309 e. The summed E-state index contributed by atoms with van der Waals surface area (Å²) in [6.07, 6.45) is 0. The van der Waals surface area contributed by atoms with Crippen LogP contribution in [0.3, 0.4) is 0 Å². The molecule has 12 aromatic carbocycles. The molecule has 0 bridgehead atoms. The number of rotatable bonds is 5. The van der Waals surface area contributed by atoms with Gasteiger partial charge in [-0.1, -0.05) is 176 Å². The molecule has 0 aliphatic rings. The Morgan fingerprint density at radius 1 is 0.283 bits per heavy atom. The van der Waals surface area contributed by atoms with Crippen molar-refractivity contribution in [3.8, 4) is 22.3 Å². The van der Waals surface area contributed by atoms with E-state index in [9.17, 15) is 0 Å². The lowest BCUT2D eigenvalue weighted by Crippen LogP contribution is -2.10. The van der Waals surface area contributed by atoms with Crippen LogP contribution in [0, 0.1) is 0 Å². The number of benzene rings is 11. The Kier molecular flexibility index (Phi) is 7.24. The molecule has 1 heterocycles. The summed E-state index contributed by atoms with van der Waals surface area (Å²) in [6.45, 7) is 0. The van der Waals surface area contributed by atoms with Gasteiger partial charge in [-0.05, 0) is 123 Å². The zero-order chi connectivity index (χ0) is 39.3. The quantitative estimate of drug-likeness (QED) is 0.157. The molecule has 0 saturated carbocycles. The molecule has 60 heavy (non-hydrogen) atoms. The van der Waals surface area contributed by atoms with Gasteiger partial charge in [-0.2, -0.15) is 0 Å². The molecular formula is C58H35NS. The molecule has 13 rings (SSSR count). The number of nitrogens with zero attached hydrogens (tertiary/aromatic N) is 1. The summed E-state index contributed by atoms with van der Waals surface area (Å²) in [6, 6.07) is 78.9. The monoisotopic (exact) mass is 777 g/mol. The van der Waals surface area contributed by atoms with E-state index in [1.54, 1.807) is 0 Å². The van der Waals surface area contributed by atoms with Gasteiger partial charge < -0.3 is 4.90 Å². The maximum absolute atomic E-state index is 2.50. The highest BCUT2D eigenvalue weighted by molar-refractivity contribution is 7.26. The highest BCUT2D eigenvalue weighted by atomic mass is 32.1. The molecule has 0 unspecified atom stereocenters. The van der Waals surface area contributed by atoms with E-state index in [0.717, 1.165) is 11.4 Å². The van der Waals surface area contributed by atoms with Crippen molar-refractivity contribution < 1.29 is 0 Å². The van der Waals surface area contributed by atoms with Crippen molar-refractivity contribution in [2.75, 3.05) is 4.90 Å². The van der Waals surface area contributed by atoms with Crippen LogP contribution in [0.25, 0.3) is 107 Å². The van der Waals surface area contributed by atoms with Crippen LogP contribution in [0.15, 0.2) is 212 Å². The van der Waals surface area contributed by atoms with Crippen molar-refractivity contribution in [2.24, 2.45) is 0 Å². The Hall–Kier alpha value is -7.52. The highest BCUT2D eigenvalue weighted by Gasteiger charge is 2.22. The summed E-state index contributed by atoms with van der Waals surface area (Å²) < 4.78 is 2.58. The van der Waals surface area contributed by atoms with Crippen LogP contribution in [-0.2, 0) is 0 Å². The Morgan fingerprint density at radius 3 is 1.38 bits per heavy atom. The third-order valence-corrected chi connectivity index (χ3v) is 14.0. The second-order valence-corrected chi connectivity index (χ2v) is 17.1. The van der Waals surface area contributed by atoms with E-state index in [2.05, 4.69) is 217 Å². The predicted molar refractivity (Wildman–Crippen MR) is 261 cm³/mol. The first-order chi connectivity index (χ1) is 29.7. The van der Waals surface area contributed by atoms with Gasteiger partial charge in [0.05, 0.1) is 10.4 Å². The summed E-state index contributed by atoms with van der Waals surface area (Å²) in [7, 11) is 0. The van der Waals surface area contributed by atoms with E-state index in [4.69, 9.17) is 0 Å². The zero-order valence-electron chi connectivity index (χ0n) is 32.6. The standard InChI is InChI=1S/C58H35NS/c1-2-10-36(11-3-1)37-22-24-38(25-23-37)39-30-32-44(33-31-39)59(52-20-9-19-50-46-15-4-5-21-53(46)60-58(50)52)45-34-43-29-28-42-13-7-17-48-47-16-6-12-40-26-27-41-14-8-18-49(56(41)54(40)47)51(35-45)57(43)55(42)48/h1-35H. The molecule has 0 aliphatic carbocycles. The van der Waals surface area contributed by atoms with E-state index in [-0.39, 0.29) is 0 Å². The third-order valence-electron chi connectivity index (χ3n) is 12.7. The number of fused-ring (bicyclic) bond motifs is 5. The van der Waals surface area contributed by atoms with Crippen molar-refractivity contribution in [1.82, 2.24) is 0 Å². The van der Waals surface area contributed by atoms with Gasteiger partial charge >= 0.3 is 0 Å². The molecule has 1 aromatic heterocycles. The summed E-state index contributed by atoms with van der Waals surface area (Å²) in [5.74, 6) is 0. The Bertz CT molecular complexity index is 3800. The molecule has 0 N–H and O–H groups in total. The largest absolute Gasteiger partial charge is 0.309 e. The van der Waals surface area contributed by atoms with Gasteiger partial charge in [-0.15, -0.1) is 11.3 Å². The fourth-order valence-corrected chi connectivity index (χ4v) is 11.2. The Balaban J connectivity index is 1.09. The van der Waals surface area contributed by atoms with Gasteiger partial charge in [0.1, 0.15) is 0 Å². The lowest BCUT2D eigenvalue weighted by molar-refractivity contribution is 1.31. The molecule has 1 nitrogen and oxygen atoms in total. The first kappa shape index (κ1) is 33.5. The second-order valence-electron chi connectivity index (χ2n) is 16.0. The highest BCUT2D eigenvalue weighted by Crippen LogP contribution is 2.49. The second kappa shape index (κ2) is 13.0. The fraction of sp³-hybridized carbons (Fsp3) is 0. The van der Waals surface area contributed by atoms with Gasteiger partial charge in [-0.25, -0.2) is 0 Å². The minimum atomic E-state index is 1.12. The molecule has 0 amide bonds.